The average Bonchev–Trinajstić information content (AvgIpc) is 3.52. The summed E-state index contributed by atoms with van der Waals surface area (Å²) in [6, 6.07) is 13.7. The Hall–Kier alpha value is -3.70. The number of ether oxygens (including phenoxy) is 1. The van der Waals surface area contributed by atoms with Crippen molar-refractivity contribution in [1.29, 1.82) is 5.26 Å². The molecule has 1 amide bonds. The molecule has 0 bridgehead atoms. The zero-order valence-corrected chi connectivity index (χ0v) is 21.4. The zero-order chi connectivity index (χ0) is 25.7. The first-order chi connectivity index (χ1) is 17.4. The van der Waals surface area contributed by atoms with Gasteiger partial charge in [-0.25, -0.2) is 0 Å². The third-order valence-electron chi connectivity index (χ3n) is 6.55. The van der Waals surface area contributed by atoms with Crippen molar-refractivity contribution in [3.8, 4) is 34.7 Å². The van der Waals surface area contributed by atoms with E-state index in [1.807, 2.05) is 50.8 Å². The summed E-state index contributed by atoms with van der Waals surface area (Å²) in [4.78, 5) is 18.8. The van der Waals surface area contributed by atoms with Crippen molar-refractivity contribution in [2.24, 2.45) is 0 Å². The van der Waals surface area contributed by atoms with Crippen LogP contribution in [0.15, 0.2) is 40.9 Å². The number of nitrogens with one attached hydrogen (secondary N) is 1. The number of nitrogens with zero attached hydrogens (tertiary/aromatic N) is 4. The normalized spacial score (nSPS) is 14.5. The molecule has 2 aromatic carbocycles. The van der Waals surface area contributed by atoms with Gasteiger partial charge in [0.2, 0.25) is 11.7 Å². The Balaban J connectivity index is 1.49. The van der Waals surface area contributed by atoms with Crippen molar-refractivity contribution in [2.75, 3.05) is 26.2 Å². The highest BCUT2D eigenvalue weighted by Crippen LogP contribution is 2.38. The van der Waals surface area contributed by atoms with Gasteiger partial charge in [-0.1, -0.05) is 23.4 Å². The highest BCUT2D eigenvalue weighted by molar-refractivity contribution is 5.78. The molecule has 1 N–H and O–H groups in total. The molecule has 8 nitrogen and oxygen atoms in total. The minimum atomic E-state index is -0.0278. The minimum Gasteiger partial charge on any atom is -0.490 e. The van der Waals surface area contributed by atoms with Crippen LogP contribution in [0, 0.1) is 11.3 Å². The van der Waals surface area contributed by atoms with E-state index < -0.39 is 0 Å². The Morgan fingerprint density at radius 1 is 1.28 bits per heavy atom. The van der Waals surface area contributed by atoms with E-state index in [2.05, 4.69) is 27.6 Å². The maximum Gasteiger partial charge on any atom is 0.258 e. The lowest BCUT2D eigenvalue weighted by Gasteiger charge is -2.20. The number of amides is 1. The number of aromatic nitrogens is 2. The van der Waals surface area contributed by atoms with Crippen LogP contribution in [-0.2, 0) is 11.2 Å². The number of benzene rings is 2. The molecule has 1 unspecified atom stereocenters. The first-order valence-corrected chi connectivity index (χ1v) is 12.6. The molecule has 1 aliphatic rings. The highest BCUT2D eigenvalue weighted by atomic mass is 16.5. The van der Waals surface area contributed by atoms with Crippen LogP contribution >= 0.6 is 0 Å². The predicted octanol–water partition coefficient (Wildman–Crippen LogP) is 4.55. The van der Waals surface area contributed by atoms with Crippen molar-refractivity contribution in [2.45, 2.75) is 52.6 Å². The van der Waals surface area contributed by atoms with E-state index in [0.29, 0.717) is 41.1 Å². The molecule has 1 aliphatic carbocycles. The standard InChI is InChI=1S/C28H33N5O3/c1-5-33(6-2)26(34)17-30-16-20-10-12-23-22(20)8-7-9-24(23)27-31-28(36-32-27)19-11-13-25(35-18(3)4)21(14-19)15-29/h7-9,11,13-14,18,20,30H,5-6,10,12,16-17H2,1-4H3. The molecule has 3 aromatic rings. The summed E-state index contributed by atoms with van der Waals surface area (Å²) < 4.78 is 11.3. The van der Waals surface area contributed by atoms with Gasteiger partial charge in [-0.2, -0.15) is 10.2 Å². The Labute approximate surface area is 212 Å². The van der Waals surface area contributed by atoms with Crippen LogP contribution in [0.3, 0.4) is 0 Å². The first kappa shape index (κ1) is 25.4. The van der Waals surface area contributed by atoms with Gasteiger partial charge in [0.25, 0.3) is 5.89 Å². The van der Waals surface area contributed by atoms with E-state index in [1.165, 1.54) is 11.1 Å². The lowest BCUT2D eigenvalue weighted by Crippen LogP contribution is -2.38. The molecule has 0 fully saturated rings. The van der Waals surface area contributed by atoms with Gasteiger partial charge >= 0.3 is 0 Å². The molecule has 188 valence electrons. The number of carbonyl (C=O) groups is 1. The van der Waals surface area contributed by atoms with E-state index in [0.717, 1.165) is 38.0 Å². The van der Waals surface area contributed by atoms with Crippen molar-refractivity contribution in [1.82, 2.24) is 20.4 Å². The van der Waals surface area contributed by atoms with Gasteiger partial charge < -0.3 is 19.5 Å². The summed E-state index contributed by atoms with van der Waals surface area (Å²) in [7, 11) is 0. The third-order valence-corrected chi connectivity index (χ3v) is 6.55. The maximum absolute atomic E-state index is 12.3. The second kappa shape index (κ2) is 11.4. The second-order valence-electron chi connectivity index (χ2n) is 9.22. The fourth-order valence-electron chi connectivity index (χ4n) is 4.76. The quantitative estimate of drug-likeness (QED) is 0.447. The number of fused-ring (bicyclic) bond motifs is 1. The molecular weight excluding hydrogens is 454 g/mol. The molecule has 1 atom stereocenters. The van der Waals surface area contributed by atoms with E-state index in [9.17, 15) is 10.1 Å². The lowest BCUT2D eigenvalue weighted by molar-refractivity contribution is -0.129. The van der Waals surface area contributed by atoms with Crippen molar-refractivity contribution in [3.63, 3.8) is 0 Å². The largest absolute Gasteiger partial charge is 0.490 e. The number of likely N-dealkylation sites (N-methyl/N-ethyl adjacent to an activating group) is 1. The predicted molar refractivity (Wildman–Crippen MR) is 138 cm³/mol. The Morgan fingerprint density at radius 3 is 2.81 bits per heavy atom. The number of carbonyl (C=O) groups excluding carboxylic acids is 1. The Morgan fingerprint density at radius 2 is 2.08 bits per heavy atom. The van der Waals surface area contributed by atoms with Crippen molar-refractivity contribution in [3.05, 3.63) is 53.1 Å². The Bertz CT molecular complexity index is 1260. The monoisotopic (exact) mass is 487 g/mol. The van der Waals surface area contributed by atoms with E-state index in [4.69, 9.17) is 9.26 Å². The number of hydrogen-bond donors (Lipinski definition) is 1. The van der Waals surface area contributed by atoms with Crippen molar-refractivity contribution >= 4 is 5.91 Å². The molecule has 1 aromatic heterocycles. The molecule has 4 rings (SSSR count). The van der Waals surface area contributed by atoms with E-state index in [1.54, 1.807) is 12.1 Å². The second-order valence-corrected chi connectivity index (χ2v) is 9.22. The maximum atomic E-state index is 12.3. The summed E-state index contributed by atoms with van der Waals surface area (Å²) >= 11 is 0. The fourth-order valence-corrected chi connectivity index (χ4v) is 4.76. The van der Waals surface area contributed by atoms with Gasteiger partial charge in [0.05, 0.1) is 18.2 Å². The first-order valence-electron chi connectivity index (χ1n) is 12.6. The summed E-state index contributed by atoms with van der Waals surface area (Å²) in [5.74, 6) is 1.90. The van der Waals surface area contributed by atoms with Crippen LogP contribution in [0.25, 0.3) is 22.8 Å². The van der Waals surface area contributed by atoms with E-state index >= 15 is 0 Å². The Kier molecular flexibility index (Phi) is 8.01. The fraction of sp³-hybridized carbons (Fsp3) is 0.429. The van der Waals surface area contributed by atoms with Gasteiger partial charge in [-0.15, -0.1) is 0 Å². The van der Waals surface area contributed by atoms with Crippen molar-refractivity contribution < 1.29 is 14.1 Å². The lowest BCUT2D eigenvalue weighted by atomic mass is 9.98. The molecule has 0 saturated carbocycles. The molecule has 8 heteroatoms. The third kappa shape index (κ3) is 5.42. The van der Waals surface area contributed by atoms with Crippen LogP contribution in [0.2, 0.25) is 0 Å². The van der Waals surface area contributed by atoms with Gasteiger partial charge in [0, 0.05) is 30.8 Å². The summed E-state index contributed by atoms with van der Waals surface area (Å²) in [6.07, 6.45) is 1.90. The molecular formula is C28H33N5O3. The molecule has 0 aliphatic heterocycles. The zero-order valence-electron chi connectivity index (χ0n) is 21.4. The minimum absolute atomic E-state index is 0.0278. The summed E-state index contributed by atoms with van der Waals surface area (Å²) in [6.45, 7) is 10.4. The van der Waals surface area contributed by atoms with Gasteiger partial charge in [-0.3, -0.25) is 4.79 Å². The topological polar surface area (TPSA) is 104 Å². The van der Waals surface area contributed by atoms with Gasteiger partial charge in [0.15, 0.2) is 0 Å². The van der Waals surface area contributed by atoms with Crippen LogP contribution in [-0.4, -0.2) is 53.2 Å². The van der Waals surface area contributed by atoms with Gasteiger partial charge in [-0.05, 0) is 75.8 Å². The van der Waals surface area contributed by atoms with E-state index in [-0.39, 0.29) is 12.0 Å². The summed E-state index contributed by atoms with van der Waals surface area (Å²) in [5.41, 5.74) is 4.56. The van der Waals surface area contributed by atoms with Crippen LogP contribution in [0.5, 0.6) is 5.75 Å². The average molecular weight is 488 g/mol. The van der Waals surface area contributed by atoms with Gasteiger partial charge in [0.1, 0.15) is 11.8 Å². The number of nitriles is 1. The molecule has 36 heavy (non-hydrogen) atoms. The number of hydrogen-bond acceptors (Lipinski definition) is 7. The smallest absolute Gasteiger partial charge is 0.258 e. The molecule has 0 radical (unpaired) electrons. The van der Waals surface area contributed by atoms with Crippen LogP contribution in [0.4, 0.5) is 0 Å². The SMILES string of the molecule is CCN(CC)C(=O)CNCC1CCc2c(-c3noc(-c4ccc(OC(C)C)c(C#N)c4)n3)cccc21. The highest BCUT2D eigenvalue weighted by Gasteiger charge is 2.27. The van der Waals surface area contributed by atoms with Crippen LogP contribution in [0.1, 0.15) is 56.7 Å². The summed E-state index contributed by atoms with van der Waals surface area (Å²) in [5, 5.41) is 17.1. The number of rotatable bonds is 10. The molecule has 0 spiro atoms. The molecule has 1 heterocycles. The molecule has 0 saturated heterocycles. The van der Waals surface area contributed by atoms with Crippen LogP contribution < -0.4 is 10.1 Å².